The van der Waals surface area contributed by atoms with Gasteiger partial charge in [-0.1, -0.05) is 10.3 Å². The van der Waals surface area contributed by atoms with Crippen LogP contribution < -0.4 is 5.32 Å². The van der Waals surface area contributed by atoms with Gasteiger partial charge in [0.05, 0.1) is 36.9 Å². The third-order valence-electron chi connectivity index (χ3n) is 3.65. The van der Waals surface area contributed by atoms with Crippen molar-refractivity contribution in [2.45, 2.75) is 38.5 Å². The summed E-state index contributed by atoms with van der Waals surface area (Å²) in [5.41, 5.74) is 3.83. The largest absolute Gasteiger partial charge is 0.379 e. The van der Waals surface area contributed by atoms with Crippen LogP contribution in [0.2, 0.25) is 0 Å². The maximum Gasteiger partial charge on any atom is 0.226 e. The number of thiazole rings is 1. The van der Waals surface area contributed by atoms with E-state index in [9.17, 15) is 4.79 Å². The summed E-state index contributed by atoms with van der Waals surface area (Å²) in [6.07, 6.45) is 0.667. The molecule has 1 N–H and O–H groups in total. The van der Waals surface area contributed by atoms with E-state index < -0.39 is 0 Å². The van der Waals surface area contributed by atoms with Gasteiger partial charge in [0.1, 0.15) is 17.5 Å². The number of amides is 1. The lowest BCUT2D eigenvalue weighted by Crippen LogP contribution is -2.50. The standard InChI is InChI=1S/C14H18N4O4S/c1-9-12(18-22-17-9)4-14(19)16-11-2-3-20-6-13(11)21-5-10-7-23-8-15-10/h7-8,11,13H,2-6H2,1H3,(H,16,19)/t11-,13-/m1/s1. The summed E-state index contributed by atoms with van der Waals surface area (Å²) in [4.78, 5) is 16.4. The Balaban J connectivity index is 1.53. The van der Waals surface area contributed by atoms with Gasteiger partial charge in [-0.25, -0.2) is 9.61 Å². The first-order chi connectivity index (χ1) is 11.2. The van der Waals surface area contributed by atoms with Crippen molar-refractivity contribution in [1.82, 2.24) is 20.6 Å². The minimum absolute atomic E-state index is 0.0879. The fourth-order valence-electron chi connectivity index (χ4n) is 2.36. The van der Waals surface area contributed by atoms with Crippen LogP contribution in [0.25, 0.3) is 0 Å². The third kappa shape index (κ3) is 4.34. The Hall–Kier alpha value is -1.84. The van der Waals surface area contributed by atoms with E-state index >= 15 is 0 Å². The lowest BCUT2D eigenvalue weighted by molar-refractivity contribution is -0.126. The average molecular weight is 338 g/mol. The molecule has 0 spiro atoms. The van der Waals surface area contributed by atoms with Gasteiger partial charge in [-0.2, -0.15) is 0 Å². The lowest BCUT2D eigenvalue weighted by Gasteiger charge is -2.31. The zero-order chi connectivity index (χ0) is 16.1. The Morgan fingerprint density at radius 3 is 3.17 bits per heavy atom. The highest BCUT2D eigenvalue weighted by molar-refractivity contribution is 7.07. The Morgan fingerprint density at radius 2 is 2.43 bits per heavy atom. The van der Waals surface area contributed by atoms with Gasteiger partial charge in [0.15, 0.2) is 0 Å². The first-order valence-electron chi connectivity index (χ1n) is 7.36. The van der Waals surface area contributed by atoms with E-state index in [4.69, 9.17) is 9.47 Å². The van der Waals surface area contributed by atoms with Crippen molar-refractivity contribution in [1.29, 1.82) is 0 Å². The lowest BCUT2D eigenvalue weighted by atomic mass is 10.1. The van der Waals surface area contributed by atoms with Crippen LogP contribution in [0.1, 0.15) is 23.5 Å². The number of nitrogens with one attached hydrogen (secondary N) is 1. The summed E-state index contributed by atoms with van der Waals surface area (Å²) in [6, 6.07) is -0.0879. The molecule has 0 aromatic carbocycles. The molecule has 0 unspecified atom stereocenters. The highest BCUT2D eigenvalue weighted by atomic mass is 32.1. The van der Waals surface area contributed by atoms with Gasteiger partial charge in [-0.05, 0) is 13.3 Å². The van der Waals surface area contributed by atoms with Crippen LogP contribution in [0.4, 0.5) is 0 Å². The molecule has 124 valence electrons. The van der Waals surface area contributed by atoms with Crippen molar-refractivity contribution >= 4 is 17.2 Å². The van der Waals surface area contributed by atoms with Crippen LogP contribution in [-0.2, 0) is 27.3 Å². The fourth-order valence-corrected chi connectivity index (χ4v) is 2.91. The average Bonchev–Trinajstić information content (AvgIpc) is 3.19. The SMILES string of the molecule is Cc1nonc1CC(=O)N[C@@H]1CCOC[C@H]1OCc1cscn1. The van der Waals surface area contributed by atoms with Gasteiger partial charge >= 0.3 is 0 Å². The van der Waals surface area contributed by atoms with Crippen molar-refractivity contribution in [2.75, 3.05) is 13.2 Å². The summed E-state index contributed by atoms with van der Waals surface area (Å²) >= 11 is 1.53. The second kappa shape index (κ2) is 7.62. The van der Waals surface area contributed by atoms with Crippen molar-refractivity contribution in [2.24, 2.45) is 0 Å². The number of nitrogens with zero attached hydrogens (tertiary/aromatic N) is 3. The second-order valence-electron chi connectivity index (χ2n) is 5.34. The van der Waals surface area contributed by atoms with Crippen LogP contribution in [-0.4, -0.2) is 46.6 Å². The molecule has 1 aliphatic heterocycles. The molecule has 2 aromatic heterocycles. The maximum absolute atomic E-state index is 12.2. The first-order valence-corrected chi connectivity index (χ1v) is 8.30. The predicted molar refractivity (Wildman–Crippen MR) is 80.8 cm³/mol. The van der Waals surface area contributed by atoms with E-state index in [0.717, 1.165) is 5.69 Å². The second-order valence-corrected chi connectivity index (χ2v) is 6.06. The predicted octanol–water partition coefficient (Wildman–Crippen LogP) is 0.868. The Kier molecular flexibility index (Phi) is 5.31. The van der Waals surface area contributed by atoms with Gasteiger partial charge in [0.2, 0.25) is 5.91 Å². The van der Waals surface area contributed by atoms with Crippen LogP contribution in [0.5, 0.6) is 0 Å². The molecule has 2 aromatic rings. The molecule has 1 amide bonds. The van der Waals surface area contributed by atoms with Gasteiger partial charge in [0.25, 0.3) is 0 Å². The summed E-state index contributed by atoms with van der Waals surface area (Å²) in [6.45, 7) is 3.23. The molecule has 3 heterocycles. The zero-order valence-electron chi connectivity index (χ0n) is 12.7. The van der Waals surface area contributed by atoms with Gasteiger partial charge in [0, 0.05) is 12.0 Å². The minimum atomic E-state index is -0.189. The van der Waals surface area contributed by atoms with E-state index in [1.807, 2.05) is 5.38 Å². The van der Waals surface area contributed by atoms with E-state index in [-0.39, 0.29) is 24.5 Å². The third-order valence-corrected chi connectivity index (χ3v) is 4.29. The first kappa shape index (κ1) is 16.0. The van der Waals surface area contributed by atoms with Gasteiger partial charge in [-0.15, -0.1) is 11.3 Å². The van der Waals surface area contributed by atoms with Crippen LogP contribution in [0, 0.1) is 6.92 Å². The molecule has 8 nitrogen and oxygen atoms in total. The topological polar surface area (TPSA) is 99.4 Å². The molecule has 3 rings (SSSR count). The normalized spacial score (nSPS) is 21.3. The van der Waals surface area contributed by atoms with Crippen LogP contribution >= 0.6 is 11.3 Å². The zero-order valence-corrected chi connectivity index (χ0v) is 13.5. The fraction of sp³-hybridized carbons (Fsp3) is 0.571. The molecule has 1 fully saturated rings. The van der Waals surface area contributed by atoms with Crippen molar-refractivity contribution in [3.8, 4) is 0 Å². The van der Waals surface area contributed by atoms with E-state index in [1.165, 1.54) is 11.3 Å². The number of aryl methyl sites for hydroxylation is 1. The monoisotopic (exact) mass is 338 g/mol. The van der Waals surface area contributed by atoms with E-state index in [1.54, 1.807) is 12.4 Å². The molecule has 1 saturated heterocycles. The van der Waals surface area contributed by atoms with Crippen molar-refractivity contribution < 1.29 is 18.9 Å². The summed E-state index contributed by atoms with van der Waals surface area (Å²) in [5, 5.41) is 12.3. The molecule has 0 saturated carbocycles. The number of hydrogen-bond acceptors (Lipinski definition) is 8. The van der Waals surface area contributed by atoms with Gasteiger partial charge < -0.3 is 14.8 Å². The number of carbonyl (C=O) groups is 1. The quantitative estimate of drug-likeness (QED) is 0.834. The molecule has 1 aliphatic rings. The summed E-state index contributed by atoms with van der Waals surface area (Å²) in [7, 11) is 0. The number of carbonyl (C=O) groups excluding carboxylic acids is 1. The number of rotatable bonds is 6. The molecule has 0 aliphatic carbocycles. The minimum Gasteiger partial charge on any atom is -0.379 e. The van der Waals surface area contributed by atoms with Crippen LogP contribution in [0.3, 0.4) is 0 Å². The smallest absolute Gasteiger partial charge is 0.226 e. The number of ether oxygens (including phenoxy) is 2. The molecular formula is C14H18N4O4S. The Bertz CT molecular complexity index is 631. The van der Waals surface area contributed by atoms with Crippen molar-refractivity contribution in [3.63, 3.8) is 0 Å². The maximum atomic E-state index is 12.2. The number of hydrogen-bond donors (Lipinski definition) is 1. The highest BCUT2D eigenvalue weighted by Crippen LogP contribution is 2.14. The van der Waals surface area contributed by atoms with E-state index in [2.05, 4.69) is 25.2 Å². The molecule has 9 heteroatoms. The highest BCUT2D eigenvalue weighted by Gasteiger charge is 2.28. The molecule has 0 bridgehead atoms. The Morgan fingerprint density at radius 1 is 1.52 bits per heavy atom. The molecular weight excluding hydrogens is 320 g/mol. The molecule has 23 heavy (non-hydrogen) atoms. The summed E-state index contributed by atoms with van der Waals surface area (Å²) < 4.78 is 15.9. The Labute approximate surface area is 137 Å². The molecule has 0 radical (unpaired) electrons. The van der Waals surface area contributed by atoms with Crippen LogP contribution in [0.15, 0.2) is 15.5 Å². The van der Waals surface area contributed by atoms with Gasteiger partial charge in [-0.3, -0.25) is 4.79 Å². The van der Waals surface area contributed by atoms with E-state index in [0.29, 0.717) is 37.6 Å². The van der Waals surface area contributed by atoms with Crippen molar-refractivity contribution in [3.05, 3.63) is 28.0 Å². The summed E-state index contributed by atoms with van der Waals surface area (Å²) in [5.74, 6) is -0.127. The molecule has 2 atom stereocenters. The number of aromatic nitrogens is 3.